The molecule has 2 atom stereocenters. The first-order valence-electron chi connectivity index (χ1n) is 6.87. The van der Waals surface area contributed by atoms with Gasteiger partial charge in [-0.05, 0) is 55.5 Å². The third-order valence-corrected chi connectivity index (χ3v) is 3.90. The third-order valence-electron chi connectivity index (χ3n) is 3.66. The number of hydrogen-bond donors (Lipinski definition) is 1. The summed E-state index contributed by atoms with van der Waals surface area (Å²) in [7, 11) is 0. The van der Waals surface area contributed by atoms with Crippen LogP contribution in [0.15, 0.2) is 18.2 Å². The predicted molar refractivity (Wildman–Crippen MR) is 76.7 cm³/mol. The van der Waals surface area contributed by atoms with Crippen molar-refractivity contribution in [2.75, 3.05) is 13.1 Å². The molecule has 2 nitrogen and oxygen atoms in total. The van der Waals surface area contributed by atoms with E-state index < -0.39 is 0 Å². The molecular formula is C15H22ClNO. The van der Waals surface area contributed by atoms with E-state index in [9.17, 15) is 0 Å². The summed E-state index contributed by atoms with van der Waals surface area (Å²) >= 11 is 6.09. The molecular weight excluding hydrogens is 246 g/mol. The molecule has 1 aromatic carbocycles. The molecule has 2 rings (SSSR count). The number of rotatable bonds is 4. The van der Waals surface area contributed by atoms with Gasteiger partial charge >= 0.3 is 0 Å². The number of hydrogen-bond acceptors (Lipinski definition) is 2. The Hall–Kier alpha value is -0.730. The summed E-state index contributed by atoms with van der Waals surface area (Å²) in [5.74, 6) is 1.48. The Bertz CT molecular complexity index is 388. The Labute approximate surface area is 115 Å². The average Bonchev–Trinajstić information content (AvgIpc) is 2.41. The maximum atomic E-state index is 6.14. The van der Waals surface area contributed by atoms with Crippen molar-refractivity contribution in [2.45, 2.75) is 45.1 Å². The maximum absolute atomic E-state index is 6.14. The van der Waals surface area contributed by atoms with E-state index in [4.69, 9.17) is 16.3 Å². The fraction of sp³-hybridized carbons (Fsp3) is 0.600. The van der Waals surface area contributed by atoms with E-state index in [-0.39, 0.29) is 0 Å². The van der Waals surface area contributed by atoms with Crippen molar-refractivity contribution in [2.24, 2.45) is 0 Å². The minimum absolute atomic E-state index is 0.294. The van der Waals surface area contributed by atoms with Crippen LogP contribution in [0.4, 0.5) is 0 Å². The molecule has 0 aromatic heterocycles. The van der Waals surface area contributed by atoms with Crippen LogP contribution >= 0.6 is 11.6 Å². The van der Waals surface area contributed by atoms with Gasteiger partial charge in [0, 0.05) is 11.6 Å². The van der Waals surface area contributed by atoms with Crippen LogP contribution in [0.2, 0.25) is 5.02 Å². The Kier molecular flexibility index (Phi) is 4.90. The van der Waals surface area contributed by atoms with Crippen LogP contribution in [0.25, 0.3) is 0 Å². The number of benzene rings is 1. The van der Waals surface area contributed by atoms with E-state index in [2.05, 4.69) is 19.2 Å². The molecule has 0 bridgehead atoms. The van der Waals surface area contributed by atoms with E-state index in [1.807, 2.05) is 18.2 Å². The smallest absolute Gasteiger partial charge is 0.123 e. The molecule has 1 N–H and O–H groups in total. The molecule has 1 fully saturated rings. The van der Waals surface area contributed by atoms with Gasteiger partial charge in [-0.2, -0.15) is 0 Å². The lowest BCUT2D eigenvalue weighted by molar-refractivity contribution is 0.165. The van der Waals surface area contributed by atoms with Crippen molar-refractivity contribution in [3.8, 4) is 5.75 Å². The van der Waals surface area contributed by atoms with Gasteiger partial charge in [0.25, 0.3) is 0 Å². The summed E-state index contributed by atoms with van der Waals surface area (Å²) in [5, 5.41) is 4.17. The van der Waals surface area contributed by atoms with E-state index in [0.717, 1.165) is 36.7 Å². The van der Waals surface area contributed by atoms with Crippen LogP contribution in [0.1, 0.15) is 44.6 Å². The van der Waals surface area contributed by atoms with Crippen molar-refractivity contribution < 1.29 is 4.74 Å². The van der Waals surface area contributed by atoms with E-state index in [1.54, 1.807) is 0 Å². The van der Waals surface area contributed by atoms with Gasteiger partial charge < -0.3 is 10.1 Å². The molecule has 1 aromatic rings. The summed E-state index contributed by atoms with van der Waals surface area (Å²) in [4.78, 5) is 0. The lowest BCUT2D eigenvalue weighted by Crippen LogP contribution is -2.37. The molecule has 3 heteroatoms. The van der Waals surface area contributed by atoms with E-state index in [1.165, 1.54) is 12.0 Å². The van der Waals surface area contributed by atoms with Crippen molar-refractivity contribution >= 4 is 11.6 Å². The van der Waals surface area contributed by atoms with Gasteiger partial charge in [-0.25, -0.2) is 0 Å². The SMILES string of the molecule is CC[C@H](C)c1cc(Cl)ccc1O[C@@H]1CCCNC1. The quantitative estimate of drug-likeness (QED) is 0.891. The lowest BCUT2D eigenvalue weighted by Gasteiger charge is -2.26. The first-order chi connectivity index (χ1) is 8.70. The van der Waals surface area contributed by atoms with E-state index in [0.29, 0.717) is 12.0 Å². The summed E-state index contributed by atoms with van der Waals surface area (Å²) in [6, 6.07) is 5.97. The zero-order valence-corrected chi connectivity index (χ0v) is 12.0. The molecule has 0 radical (unpaired) electrons. The fourth-order valence-corrected chi connectivity index (χ4v) is 2.51. The van der Waals surface area contributed by atoms with Crippen molar-refractivity contribution in [3.63, 3.8) is 0 Å². The Balaban J connectivity index is 2.15. The van der Waals surface area contributed by atoms with Gasteiger partial charge in [-0.15, -0.1) is 0 Å². The molecule has 0 spiro atoms. The van der Waals surface area contributed by atoms with Gasteiger partial charge in [-0.3, -0.25) is 0 Å². The fourth-order valence-electron chi connectivity index (χ4n) is 2.33. The number of nitrogens with one attached hydrogen (secondary N) is 1. The van der Waals surface area contributed by atoms with Gasteiger partial charge in [0.05, 0.1) is 0 Å². The summed E-state index contributed by atoms with van der Waals surface area (Å²) in [6.07, 6.45) is 3.72. The second-order valence-electron chi connectivity index (χ2n) is 5.08. The molecule has 0 amide bonds. The topological polar surface area (TPSA) is 21.3 Å². The highest BCUT2D eigenvalue weighted by Gasteiger charge is 2.18. The molecule has 1 aliphatic rings. The van der Waals surface area contributed by atoms with Crippen LogP contribution in [0.3, 0.4) is 0 Å². The van der Waals surface area contributed by atoms with Gasteiger partial charge in [0.1, 0.15) is 11.9 Å². The van der Waals surface area contributed by atoms with Crippen LogP contribution in [-0.2, 0) is 0 Å². The normalized spacial score (nSPS) is 21.6. The van der Waals surface area contributed by atoms with Gasteiger partial charge in [-0.1, -0.05) is 25.4 Å². The van der Waals surface area contributed by atoms with Crippen LogP contribution in [0.5, 0.6) is 5.75 Å². The van der Waals surface area contributed by atoms with Gasteiger partial charge in [0.2, 0.25) is 0 Å². The minimum Gasteiger partial charge on any atom is -0.489 e. The predicted octanol–water partition coefficient (Wildman–Crippen LogP) is 3.98. The molecule has 18 heavy (non-hydrogen) atoms. The molecule has 1 aliphatic heterocycles. The van der Waals surface area contributed by atoms with E-state index >= 15 is 0 Å². The Morgan fingerprint density at radius 2 is 2.33 bits per heavy atom. The van der Waals surface area contributed by atoms with Crippen molar-refractivity contribution in [3.05, 3.63) is 28.8 Å². The first kappa shape index (κ1) is 13.7. The second kappa shape index (κ2) is 6.44. The molecule has 0 unspecified atom stereocenters. The highest BCUT2D eigenvalue weighted by atomic mass is 35.5. The highest BCUT2D eigenvalue weighted by molar-refractivity contribution is 6.30. The van der Waals surface area contributed by atoms with Crippen LogP contribution < -0.4 is 10.1 Å². The molecule has 1 heterocycles. The molecule has 0 aliphatic carbocycles. The Morgan fingerprint density at radius 1 is 1.50 bits per heavy atom. The van der Waals surface area contributed by atoms with Gasteiger partial charge in [0.15, 0.2) is 0 Å². The Morgan fingerprint density at radius 3 is 3.00 bits per heavy atom. The highest BCUT2D eigenvalue weighted by Crippen LogP contribution is 2.32. The third kappa shape index (κ3) is 3.39. The summed E-state index contributed by atoms with van der Waals surface area (Å²) in [6.45, 7) is 6.47. The van der Waals surface area contributed by atoms with Crippen LogP contribution in [-0.4, -0.2) is 19.2 Å². The van der Waals surface area contributed by atoms with Crippen molar-refractivity contribution in [1.29, 1.82) is 0 Å². The largest absolute Gasteiger partial charge is 0.489 e. The molecule has 0 saturated carbocycles. The molecule has 100 valence electrons. The lowest BCUT2D eigenvalue weighted by atomic mass is 9.97. The first-order valence-corrected chi connectivity index (χ1v) is 7.25. The maximum Gasteiger partial charge on any atom is 0.123 e. The average molecular weight is 268 g/mol. The monoisotopic (exact) mass is 267 g/mol. The number of piperidine rings is 1. The zero-order valence-electron chi connectivity index (χ0n) is 11.2. The van der Waals surface area contributed by atoms with Crippen LogP contribution in [0, 0.1) is 0 Å². The standard InChI is InChI=1S/C15H22ClNO/c1-3-11(2)14-9-12(16)6-7-15(14)18-13-5-4-8-17-10-13/h6-7,9,11,13,17H,3-5,8,10H2,1-2H3/t11-,13+/m0/s1. The summed E-state index contributed by atoms with van der Waals surface area (Å²) in [5.41, 5.74) is 1.23. The zero-order chi connectivity index (χ0) is 13.0. The van der Waals surface area contributed by atoms with Crippen molar-refractivity contribution in [1.82, 2.24) is 5.32 Å². The minimum atomic E-state index is 0.294. The summed E-state index contributed by atoms with van der Waals surface area (Å²) < 4.78 is 6.14. The molecule has 1 saturated heterocycles. The second-order valence-corrected chi connectivity index (χ2v) is 5.51. The number of halogens is 1. The number of ether oxygens (including phenoxy) is 1.